The van der Waals surface area contributed by atoms with E-state index in [2.05, 4.69) is 20.9 Å². The van der Waals surface area contributed by atoms with Crippen molar-refractivity contribution in [1.29, 1.82) is 0 Å². The average molecular weight is 355 g/mol. The number of hydrogen-bond acceptors (Lipinski definition) is 2. The third-order valence-corrected chi connectivity index (χ3v) is 3.90. The summed E-state index contributed by atoms with van der Waals surface area (Å²) in [6.07, 6.45) is 3.82. The predicted octanol–water partition coefficient (Wildman–Crippen LogP) is 5.00. The van der Waals surface area contributed by atoms with Crippen LogP contribution in [-0.4, -0.2) is 15.9 Å². The van der Waals surface area contributed by atoms with Crippen LogP contribution in [0.4, 0.5) is 5.69 Å². The number of aromatic hydroxyl groups is 1. The summed E-state index contributed by atoms with van der Waals surface area (Å²) < 4.78 is 3.08. The van der Waals surface area contributed by atoms with Gasteiger partial charge in [0.1, 0.15) is 5.75 Å². The fourth-order valence-electron chi connectivity index (χ4n) is 2.25. The highest BCUT2D eigenvalue weighted by molar-refractivity contribution is 9.10. The molecule has 0 aliphatic heterocycles. The lowest BCUT2D eigenvalue weighted by molar-refractivity contribution is 0.475. The highest BCUT2D eigenvalue weighted by Crippen LogP contribution is 2.23. The lowest BCUT2D eigenvalue weighted by atomic mass is 10.2. The van der Waals surface area contributed by atoms with Crippen molar-refractivity contribution in [2.75, 3.05) is 0 Å². The van der Waals surface area contributed by atoms with E-state index in [1.807, 2.05) is 66.4 Å². The summed E-state index contributed by atoms with van der Waals surface area (Å²) in [5, 5.41) is 9.39. The van der Waals surface area contributed by atoms with Crippen LogP contribution in [0.3, 0.4) is 0 Å². The van der Waals surface area contributed by atoms with Crippen molar-refractivity contribution in [3.8, 4) is 11.4 Å². The van der Waals surface area contributed by atoms with E-state index in [1.165, 1.54) is 0 Å². The molecule has 1 heterocycles. The molecule has 22 heavy (non-hydrogen) atoms. The van der Waals surface area contributed by atoms with Gasteiger partial charge in [0.15, 0.2) is 0 Å². The summed E-state index contributed by atoms with van der Waals surface area (Å²) in [7, 11) is 0. The zero-order chi connectivity index (χ0) is 15.5. The number of aliphatic imine (C=N–C) groups is 1. The molecule has 0 bridgehead atoms. The molecule has 3 aromatic rings. The first-order valence-electron chi connectivity index (χ1n) is 6.90. The van der Waals surface area contributed by atoms with Gasteiger partial charge in [-0.05, 0) is 67.1 Å². The van der Waals surface area contributed by atoms with Crippen molar-refractivity contribution in [2.45, 2.75) is 6.92 Å². The molecular weight excluding hydrogens is 340 g/mol. The second-order valence-corrected chi connectivity index (χ2v) is 5.92. The third-order valence-electron chi connectivity index (χ3n) is 3.40. The number of rotatable bonds is 3. The van der Waals surface area contributed by atoms with Crippen LogP contribution in [0.25, 0.3) is 5.69 Å². The summed E-state index contributed by atoms with van der Waals surface area (Å²) in [6.45, 7) is 2.04. The first-order valence-corrected chi connectivity index (χ1v) is 7.70. The van der Waals surface area contributed by atoms with Crippen LogP contribution in [0, 0.1) is 6.92 Å². The van der Waals surface area contributed by atoms with Crippen molar-refractivity contribution in [3.05, 3.63) is 76.5 Å². The SMILES string of the molecule is Cc1cc(Br)ccc1N=Cc1cccn1-c1ccc(O)cc1. The van der Waals surface area contributed by atoms with E-state index >= 15 is 0 Å². The monoisotopic (exact) mass is 354 g/mol. The van der Waals surface area contributed by atoms with E-state index in [0.717, 1.165) is 27.1 Å². The Morgan fingerprint density at radius 2 is 1.86 bits per heavy atom. The van der Waals surface area contributed by atoms with Crippen LogP contribution < -0.4 is 0 Å². The summed E-state index contributed by atoms with van der Waals surface area (Å²) in [5.74, 6) is 0.261. The minimum atomic E-state index is 0.261. The molecular formula is C18H15BrN2O. The largest absolute Gasteiger partial charge is 0.508 e. The molecule has 0 fully saturated rings. The molecule has 0 aliphatic carbocycles. The third kappa shape index (κ3) is 3.12. The molecule has 0 unspecified atom stereocenters. The fourth-order valence-corrected chi connectivity index (χ4v) is 2.72. The molecule has 0 atom stereocenters. The maximum atomic E-state index is 9.39. The van der Waals surface area contributed by atoms with E-state index in [-0.39, 0.29) is 5.75 Å². The Kier molecular flexibility index (Phi) is 4.11. The number of benzene rings is 2. The van der Waals surface area contributed by atoms with Crippen LogP contribution in [0.15, 0.2) is 70.3 Å². The number of phenolic OH excluding ortho intramolecular Hbond substituents is 1. The number of aromatic nitrogens is 1. The second kappa shape index (κ2) is 6.20. The first-order chi connectivity index (χ1) is 10.6. The van der Waals surface area contributed by atoms with Gasteiger partial charge in [0.05, 0.1) is 17.6 Å². The van der Waals surface area contributed by atoms with Crippen molar-refractivity contribution >= 4 is 27.8 Å². The Morgan fingerprint density at radius 3 is 2.59 bits per heavy atom. The topological polar surface area (TPSA) is 37.5 Å². The van der Waals surface area contributed by atoms with E-state index in [4.69, 9.17) is 0 Å². The maximum Gasteiger partial charge on any atom is 0.115 e. The zero-order valence-electron chi connectivity index (χ0n) is 12.1. The second-order valence-electron chi connectivity index (χ2n) is 5.01. The molecule has 110 valence electrons. The van der Waals surface area contributed by atoms with Gasteiger partial charge in [0.25, 0.3) is 0 Å². The molecule has 2 aromatic carbocycles. The average Bonchev–Trinajstić information content (AvgIpc) is 2.95. The summed E-state index contributed by atoms with van der Waals surface area (Å²) in [6, 6.07) is 17.1. The Morgan fingerprint density at radius 1 is 1.09 bits per heavy atom. The van der Waals surface area contributed by atoms with Gasteiger partial charge in [-0.15, -0.1) is 0 Å². The van der Waals surface area contributed by atoms with Gasteiger partial charge in [-0.3, -0.25) is 4.99 Å². The molecule has 0 saturated carbocycles. The Bertz CT molecular complexity index is 819. The van der Waals surface area contributed by atoms with Gasteiger partial charge < -0.3 is 9.67 Å². The van der Waals surface area contributed by atoms with Crippen molar-refractivity contribution in [3.63, 3.8) is 0 Å². The number of aryl methyl sites for hydroxylation is 1. The van der Waals surface area contributed by atoms with Crippen LogP contribution in [0.5, 0.6) is 5.75 Å². The van der Waals surface area contributed by atoms with Gasteiger partial charge in [-0.1, -0.05) is 15.9 Å². The minimum Gasteiger partial charge on any atom is -0.508 e. The molecule has 0 spiro atoms. The summed E-state index contributed by atoms with van der Waals surface area (Å²) >= 11 is 3.46. The van der Waals surface area contributed by atoms with Gasteiger partial charge in [0, 0.05) is 16.4 Å². The van der Waals surface area contributed by atoms with Crippen molar-refractivity contribution < 1.29 is 5.11 Å². The van der Waals surface area contributed by atoms with Gasteiger partial charge in [-0.25, -0.2) is 0 Å². The van der Waals surface area contributed by atoms with Crippen LogP contribution in [0.2, 0.25) is 0 Å². The molecule has 0 saturated heterocycles. The Balaban J connectivity index is 1.92. The summed E-state index contributed by atoms with van der Waals surface area (Å²) in [5.41, 5.74) is 4.03. The van der Waals surface area contributed by atoms with Crippen LogP contribution in [0.1, 0.15) is 11.3 Å². The van der Waals surface area contributed by atoms with Gasteiger partial charge >= 0.3 is 0 Å². The molecule has 3 nitrogen and oxygen atoms in total. The highest BCUT2D eigenvalue weighted by Gasteiger charge is 2.02. The maximum absolute atomic E-state index is 9.39. The molecule has 1 aromatic heterocycles. The van der Waals surface area contributed by atoms with Gasteiger partial charge in [0.2, 0.25) is 0 Å². The normalized spacial score (nSPS) is 11.2. The van der Waals surface area contributed by atoms with Crippen LogP contribution >= 0.6 is 15.9 Å². The molecule has 0 radical (unpaired) electrons. The molecule has 0 amide bonds. The molecule has 0 aliphatic rings. The number of hydrogen-bond donors (Lipinski definition) is 1. The lowest BCUT2D eigenvalue weighted by Gasteiger charge is -2.06. The van der Waals surface area contributed by atoms with Crippen LogP contribution in [-0.2, 0) is 0 Å². The Labute approximate surface area is 137 Å². The molecule has 4 heteroatoms. The Hall–Kier alpha value is -2.33. The summed E-state index contributed by atoms with van der Waals surface area (Å²) in [4.78, 5) is 4.58. The number of phenols is 1. The fraction of sp³-hybridized carbons (Fsp3) is 0.0556. The standard InChI is InChI=1S/C18H15BrN2O/c1-13-11-14(19)4-9-18(13)20-12-16-3-2-10-21(16)15-5-7-17(22)8-6-15/h2-12,22H,1H3. The predicted molar refractivity (Wildman–Crippen MR) is 93.6 cm³/mol. The zero-order valence-corrected chi connectivity index (χ0v) is 13.7. The van der Waals surface area contributed by atoms with E-state index in [1.54, 1.807) is 12.1 Å². The van der Waals surface area contributed by atoms with Gasteiger partial charge in [-0.2, -0.15) is 0 Å². The smallest absolute Gasteiger partial charge is 0.115 e. The number of halogens is 1. The quantitative estimate of drug-likeness (QED) is 0.660. The van der Waals surface area contributed by atoms with Crippen molar-refractivity contribution in [1.82, 2.24) is 4.57 Å². The first kappa shape index (κ1) is 14.6. The lowest BCUT2D eigenvalue weighted by Crippen LogP contribution is -1.97. The minimum absolute atomic E-state index is 0.261. The van der Waals surface area contributed by atoms with E-state index in [9.17, 15) is 5.11 Å². The molecule has 1 N–H and O–H groups in total. The highest BCUT2D eigenvalue weighted by atomic mass is 79.9. The molecule has 3 rings (SSSR count). The van der Waals surface area contributed by atoms with E-state index in [0.29, 0.717) is 0 Å². The van der Waals surface area contributed by atoms with Crippen molar-refractivity contribution in [2.24, 2.45) is 4.99 Å². The van der Waals surface area contributed by atoms with E-state index < -0.39 is 0 Å². The number of nitrogens with zero attached hydrogens (tertiary/aromatic N) is 2.